The fourth-order valence-corrected chi connectivity index (χ4v) is 2.00. The highest BCUT2D eigenvalue weighted by molar-refractivity contribution is 6.25. The van der Waals surface area contributed by atoms with E-state index in [-0.39, 0.29) is 11.5 Å². The van der Waals surface area contributed by atoms with Crippen LogP contribution in [0.2, 0.25) is 6.55 Å². The van der Waals surface area contributed by atoms with E-state index in [2.05, 4.69) is 26.8 Å². The van der Waals surface area contributed by atoms with E-state index < -0.39 is 0 Å². The van der Waals surface area contributed by atoms with Crippen LogP contribution in [0.3, 0.4) is 0 Å². The van der Waals surface area contributed by atoms with Gasteiger partial charge in [0.05, 0.1) is 0 Å². The summed E-state index contributed by atoms with van der Waals surface area (Å²) in [5.41, 5.74) is 0.225. The summed E-state index contributed by atoms with van der Waals surface area (Å²) in [6.45, 7) is 8.55. The zero-order chi connectivity index (χ0) is 10.1. The summed E-state index contributed by atoms with van der Waals surface area (Å²) in [5.74, 6) is 1.22. The molecule has 1 N–H and O–H groups in total. The van der Waals surface area contributed by atoms with Crippen molar-refractivity contribution in [3.8, 4) is 0 Å². The lowest BCUT2D eigenvalue weighted by Gasteiger charge is -2.24. The van der Waals surface area contributed by atoms with E-state index in [4.69, 9.17) is 4.43 Å². The number of allylic oxidation sites excluding steroid dienone is 1. The molecule has 1 aliphatic carbocycles. The molecular formula is C10H18O2Si. The van der Waals surface area contributed by atoms with Gasteiger partial charge in [-0.1, -0.05) is 20.8 Å². The quantitative estimate of drug-likeness (QED) is 0.688. The Morgan fingerprint density at radius 2 is 2.15 bits per heavy atom. The summed E-state index contributed by atoms with van der Waals surface area (Å²) in [4.78, 5) is 0. The zero-order valence-corrected chi connectivity index (χ0v) is 9.79. The Morgan fingerprint density at radius 1 is 1.54 bits per heavy atom. The maximum absolute atomic E-state index is 9.66. The fraction of sp³-hybridized carbons (Fsp3) is 0.800. The third-order valence-corrected chi connectivity index (χ3v) is 2.94. The van der Waals surface area contributed by atoms with Crippen LogP contribution in [0.4, 0.5) is 0 Å². The van der Waals surface area contributed by atoms with Crippen LogP contribution in [0.15, 0.2) is 11.8 Å². The molecule has 1 aliphatic rings. The van der Waals surface area contributed by atoms with Crippen molar-refractivity contribution in [1.29, 1.82) is 0 Å². The van der Waals surface area contributed by atoms with Crippen molar-refractivity contribution >= 4 is 9.76 Å². The molecule has 2 atom stereocenters. The van der Waals surface area contributed by atoms with Gasteiger partial charge in [-0.25, -0.2) is 0 Å². The van der Waals surface area contributed by atoms with E-state index in [0.717, 1.165) is 12.2 Å². The third-order valence-electron chi connectivity index (χ3n) is 2.50. The molecule has 0 amide bonds. The van der Waals surface area contributed by atoms with Crippen molar-refractivity contribution in [3.63, 3.8) is 0 Å². The van der Waals surface area contributed by atoms with Crippen molar-refractivity contribution in [3.05, 3.63) is 11.8 Å². The summed E-state index contributed by atoms with van der Waals surface area (Å²) in [5, 5.41) is 9.66. The number of aliphatic hydroxyl groups is 1. The Morgan fingerprint density at radius 3 is 2.54 bits per heavy atom. The SMILES string of the molecule is C[Si]OC1=CC(C(C)(C)C)CC1O. The molecule has 0 bridgehead atoms. The monoisotopic (exact) mass is 198 g/mol. The zero-order valence-electron chi connectivity index (χ0n) is 8.79. The first kappa shape index (κ1) is 10.8. The minimum Gasteiger partial charge on any atom is -0.542 e. The molecule has 0 saturated carbocycles. The Hall–Kier alpha value is -0.283. The highest BCUT2D eigenvalue weighted by atomic mass is 28.2. The van der Waals surface area contributed by atoms with Gasteiger partial charge in [0, 0.05) is 0 Å². The van der Waals surface area contributed by atoms with Crippen molar-refractivity contribution in [2.24, 2.45) is 11.3 Å². The first-order valence-corrected chi connectivity index (χ1v) is 6.09. The molecule has 0 saturated heterocycles. The predicted molar refractivity (Wildman–Crippen MR) is 54.4 cm³/mol. The average Bonchev–Trinajstić information content (AvgIpc) is 2.32. The molecule has 1 rings (SSSR count). The first-order chi connectivity index (χ1) is 5.95. The highest BCUT2D eigenvalue weighted by Crippen LogP contribution is 2.37. The molecule has 0 heterocycles. The van der Waals surface area contributed by atoms with E-state index in [1.54, 1.807) is 0 Å². The standard InChI is InChI=1S/C10H18O2Si/c1-10(2,3)7-5-8(11)9(6-7)12-13-4/h6-8,11H,5H2,1-4H3. The Labute approximate surface area is 82.9 Å². The normalized spacial score (nSPS) is 28.8. The molecule has 0 aromatic carbocycles. The van der Waals surface area contributed by atoms with Gasteiger partial charge in [-0.15, -0.1) is 0 Å². The lowest BCUT2D eigenvalue weighted by atomic mass is 9.80. The molecule has 0 fully saturated rings. The van der Waals surface area contributed by atoms with E-state index in [0.29, 0.717) is 15.7 Å². The van der Waals surface area contributed by atoms with Crippen LogP contribution in [-0.2, 0) is 4.43 Å². The first-order valence-electron chi connectivity index (χ1n) is 4.68. The molecular weight excluding hydrogens is 180 g/mol. The summed E-state index contributed by atoms with van der Waals surface area (Å²) in [6, 6.07) is 0. The van der Waals surface area contributed by atoms with Gasteiger partial charge >= 0.3 is 9.76 Å². The van der Waals surface area contributed by atoms with Gasteiger partial charge < -0.3 is 9.53 Å². The lowest BCUT2D eigenvalue weighted by molar-refractivity contribution is 0.142. The van der Waals surface area contributed by atoms with Crippen LogP contribution >= 0.6 is 0 Å². The van der Waals surface area contributed by atoms with Gasteiger partial charge in [-0.05, 0) is 30.4 Å². The smallest absolute Gasteiger partial charge is 0.306 e. The number of hydrogen-bond donors (Lipinski definition) is 1. The molecule has 0 aliphatic heterocycles. The molecule has 0 aromatic rings. The van der Waals surface area contributed by atoms with Gasteiger partial charge in [0.15, 0.2) is 0 Å². The van der Waals surface area contributed by atoms with Crippen molar-refractivity contribution in [1.82, 2.24) is 0 Å². The van der Waals surface area contributed by atoms with Crippen LogP contribution in [-0.4, -0.2) is 21.0 Å². The Kier molecular flexibility index (Phi) is 3.19. The number of rotatable bonds is 2. The van der Waals surface area contributed by atoms with Crippen LogP contribution in [0.1, 0.15) is 27.2 Å². The molecule has 0 aromatic heterocycles. The molecule has 2 radical (unpaired) electrons. The topological polar surface area (TPSA) is 29.5 Å². The van der Waals surface area contributed by atoms with Crippen molar-refractivity contribution < 1.29 is 9.53 Å². The van der Waals surface area contributed by atoms with Gasteiger partial charge in [0.25, 0.3) is 0 Å². The van der Waals surface area contributed by atoms with E-state index in [1.807, 2.05) is 6.55 Å². The maximum atomic E-state index is 9.66. The number of aliphatic hydroxyl groups excluding tert-OH is 1. The maximum Gasteiger partial charge on any atom is 0.306 e. The molecule has 2 unspecified atom stereocenters. The molecule has 13 heavy (non-hydrogen) atoms. The Balaban J connectivity index is 2.66. The second-order valence-electron chi connectivity index (χ2n) is 4.60. The summed E-state index contributed by atoms with van der Waals surface area (Å²) >= 11 is 0. The number of hydrogen-bond acceptors (Lipinski definition) is 2. The van der Waals surface area contributed by atoms with Gasteiger partial charge in [-0.3, -0.25) is 0 Å². The molecule has 3 heteroatoms. The molecule has 2 nitrogen and oxygen atoms in total. The van der Waals surface area contributed by atoms with Gasteiger partial charge in [0.1, 0.15) is 11.9 Å². The Bertz CT molecular complexity index is 205. The third kappa shape index (κ3) is 2.58. The van der Waals surface area contributed by atoms with Crippen LogP contribution in [0.25, 0.3) is 0 Å². The van der Waals surface area contributed by atoms with Crippen LogP contribution < -0.4 is 0 Å². The minimum absolute atomic E-state index is 0.225. The van der Waals surface area contributed by atoms with Crippen LogP contribution in [0.5, 0.6) is 0 Å². The van der Waals surface area contributed by atoms with E-state index in [1.165, 1.54) is 0 Å². The van der Waals surface area contributed by atoms with Crippen molar-refractivity contribution in [2.75, 3.05) is 0 Å². The van der Waals surface area contributed by atoms with Gasteiger partial charge in [0.2, 0.25) is 0 Å². The minimum atomic E-state index is -0.378. The average molecular weight is 198 g/mol. The molecule has 0 spiro atoms. The largest absolute Gasteiger partial charge is 0.542 e. The van der Waals surface area contributed by atoms with E-state index in [9.17, 15) is 5.11 Å². The predicted octanol–water partition coefficient (Wildman–Crippen LogP) is 1.98. The summed E-state index contributed by atoms with van der Waals surface area (Å²) in [7, 11) is 0.423. The summed E-state index contributed by atoms with van der Waals surface area (Å²) < 4.78 is 5.38. The second kappa shape index (κ2) is 3.84. The van der Waals surface area contributed by atoms with Crippen LogP contribution in [0, 0.1) is 11.3 Å². The van der Waals surface area contributed by atoms with Gasteiger partial charge in [-0.2, -0.15) is 0 Å². The lowest BCUT2D eigenvalue weighted by Crippen LogP contribution is -2.18. The fourth-order valence-electron chi connectivity index (χ4n) is 1.56. The van der Waals surface area contributed by atoms with E-state index >= 15 is 0 Å². The highest BCUT2D eigenvalue weighted by Gasteiger charge is 2.33. The molecule has 74 valence electrons. The summed E-state index contributed by atoms with van der Waals surface area (Å²) in [6.07, 6.45) is 2.52. The second-order valence-corrected chi connectivity index (χ2v) is 5.21. The van der Waals surface area contributed by atoms with Crippen molar-refractivity contribution in [2.45, 2.75) is 39.8 Å².